The van der Waals surface area contributed by atoms with Crippen LogP contribution >= 0.6 is 0 Å². The van der Waals surface area contributed by atoms with Crippen molar-refractivity contribution in [3.05, 3.63) is 36.0 Å². The van der Waals surface area contributed by atoms with Gasteiger partial charge in [0.25, 0.3) is 0 Å². The normalized spacial score (nSPS) is 12.4. The number of aromatic nitrogens is 1. The molecule has 0 aliphatic carbocycles. The van der Waals surface area contributed by atoms with Crippen molar-refractivity contribution in [2.24, 2.45) is 0 Å². The number of hydrogen-bond donors (Lipinski definition) is 2. The van der Waals surface area contributed by atoms with Crippen LogP contribution < -0.4 is 10.6 Å². The second-order valence-corrected chi connectivity index (χ2v) is 4.33. The van der Waals surface area contributed by atoms with Gasteiger partial charge in [-0.1, -0.05) is 6.07 Å². The van der Waals surface area contributed by atoms with E-state index >= 15 is 0 Å². The molecule has 2 N–H and O–H groups in total. The number of anilines is 1. The van der Waals surface area contributed by atoms with Crippen LogP contribution in [0.3, 0.4) is 0 Å². The number of aryl methyl sites for hydroxylation is 1. The number of carbonyl (C=O) groups excluding carboxylic acids is 1. The fraction of sp³-hybridized carbons (Fsp3) is 0.286. The second-order valence-electron chi connectivity index (χ2n) is 4.33. The van der Waals surface area contributed by atoms with Gasteiger partial charge in [-0.25, -0.2) is 0 Å². The van der Waals surface area contributed by atoms with Crippen LogP contribution in [0.25, 0.3) is 10.9 Å². The number of pyridine rings is 1. The number of likely N-dealkylation sites (N-methyl/N-ethyl adjacent to an activating group) is 1. The van der Waals surface area contributed by atoms with Crippen molar-refractivity contribution in [1.82, 2.24) is 10.3 Å². The molecule has 0 bridgehead atoms. The molecule has 0 spiro atoms. The Bertz CT molecular complexity index is 580. The number of benzene rings is 1. The number of amides is 1. The van der Waals surface area contributed by atoms with Crippen molar-refractivity contribution >= 4 is 22.5 Å². The SMILES string of the molecule is CNC(C)C(=O)Nc1ccc(C)c2ncccc12. The summed E-state index contributed by atoms with van der Waals surface area (Å²) in [5, 5.41) is 6.80. The topological polar surface area (TPSA) is 54.0 Å². The van der Waals surface area contributed by atoms with E-state index in [2.05, 4.69) is 15.6 Å². The van der Waals surface area contributed by atoms with Gasteiger partial charge in [-0.05, 0) is 44.7 Å². The lowest BCUT2D eigenvalue weighted by atomic mass is 10.1. The highest BCUT2D eigenvalue weighted by Gasteiger charge is 2.12. The van der Waals surface area contributed by atoms with Crippen LogP contribution in [0.1, 0.15) is 12.5 Å². The maximum absolute atomic E-state index is 11.9. The van der Waals surface area contributed by atoms with Crippen LogP contribution in [0.4, 0.5) is 5.69 Å². The van der Waals surface area contributed by atoms with Crippen molar-refractivity contribution < 1.29 is 4.79 Å². The molecule has 1 heterocycles. The van der Waals surface area contributed by atoms with E-state index in [0.717, 1.165) is 22.2 Å². The highest BCUT2D eigenvalue weighted by Crippen LogP contribution is 2.24. The molecular formula is C14H17N3O. The molecule has 1 atom stereocenters. The summed E-state index contributed by atoms with van der Waals surface area (Å²) in [6.45, 7) is 3.83. The summed E-state index contributed by atoms with van der Waals surface area (Å²) in [5.74, 6) is -0.0495. The molecule has 94 valence electrons. The Kier molecular flexibility index (Phi) is 3.58. The summed E-state index contributed by atoms with van der Waals surface area (Å²) in [5.41, 5.74) is 2.83. The lowest BCUT2D eigenvalue weighted by Crippen LogP contribution is -2.35. The van der Waals surface area contributed by atoms with Crippen LogP contribution in [-0.4, -0.2) is 24.0 Å². The molecule has 2 aromatic rings. The number of carbonyl (C=O) groups is 1. The largest absolute Gasteiger partial charge is 0.324 e. The van der Waals surface area contributed by atoms with Crippen molar-refractivity contribution in [3.8, 4) is 0 Å². The fourth-order valence-electron chi connectivity index (χ4n) is 1.80. The van der Waals surface area contributed by atoms with E-state index in [1.165, 1.54) is 0 Å². The average Bonchev–Trinajstić information content (AvgIpc) is 2.41. The molecule has 2 rings (SSSR count). The zero-order valence-electron chi connectivity index (χ0n) is 10.8. The Balaban J connectivity index is 2.40. The minimum absolute atomic E-state index is 0.0495. The van der Waals surface area contributed by atoms with Crippen LogP contribution in [0.15, 0.2) is 30.5 Å². The first kappa shape index (κ1) is 12.5. The lowest BCUT2D eigenvalue weighted by molar-refractivity contribution is -0.117. The zero-order valence-corrected chi connectivity index (χ0v) is 10.8. The monoisotopic (exact) mass is 243 g/mol. The molecule has 0 aliphatic rings. The van der Waals surface area contributed by atoms with Crippen LogP contribution in [0, 0.1) is 6.92 Å². The molecular weight excluding hydrogens is 226 g/mol. The van der Waals surface area contributed by atoms with Gasteiger partial charge in [-0.2, -0.15) is 0 Å². The van der Waals surface area contributed by atoms with E-state index in [-0.39, 0.29) is 11.9 Å². The standard InChI is InChI=1S/C14H17N3O/c1-9-6-7-12(17-14(18)10(2)15-3)11-5-4-8-16-13(9)11/h4-8,10,15H,1-3H3,(H,17,18). The molecule has 4 heteroatoms. The third-order valence-electron chi connectivity index (χ3n) is 3.06. The van der Waals surface area contributed by atoms with Gasteiger partial charge in [-0.3, -0.25) is 9.78 Å². The van der Waals surface area contributed by atoms with Gasteiger partial charge in [0.1, 0.15) is 0 Å². The van der Waals surface area contributed by atoms with E-state index in [4.69, 9.17) is 0 Å². The molecule has 0 aliphatic heterocycles. The van der Waals surface area contributed by atoms with Gasteiger partial charge in [0.05, 0.1) is 17.2 Å². The van der Waals surface area contributed by atoms with Crippen LogP contribution in [0.5, 0.6) is 0 Å². The number of nitrogens with one attached hydrogen (secondary N) is 2. The quantitative estimate of drug-likeness (QED) is 0.868. The van der Waals surface area contributed by atoms with Gasteiger partial charge in [-0.15, -0.1) is 0 Å². The third kappa shape index (κ3) is 2.33. The molecule has 18 heavy (non-hydrogen) atoms. The molecule has 0 fully saturated rings. The summed E-state index contributed by atoms with van der Waals surface area (Å²) < 4.78 is 0. The van der Waals surface area contributed by atoms with Crippen molar-refractivity contribution in [2.45, 2.75) is 19.9 Å². The minimum Gasteiger partial charge on any atom is -0.324 e. The van der Waals surface area contributed by atoms with Crippen molar-refractivity contribution in [1.29, 1.82) is 0 Å². The Morgan fingerprint density at radius 2 is 2.11 bits per heavy atom. The first-order chi connectivity index (χ1) is 8.63. The summed E-state index contributed by atoms with van der Waals surface area (Å²) in [4.78, 5) is 16.2. The Hall–Kier alpha value is -1.94. The zero-order chi connectivity index (χ0) is 13.1. The number of fused-ring (bicyclic) bond motifs is 1. The predicted octanol–water partition coefficient (Wildman–Crippen LogP) is 2.09. The molecule has 0 saturated heterocycles. The summed E-state index contributed by atoms with van der Waals surface area (Å²) in [6.07, 6.45) is 1.76. The van der Waals surface area contributed by atoms with Crippen LogP contribution in [-0.2, 0) is 4.79 Å². The van der Waals surface area contributed by atoms with E-state index in [9.17, 15) is 4.79 Å². The number of hydrogen-bond acceptors (Lipinski definition) is 3. The first-order valence-corrected chi connectivity index (χ1v) is 5.96. The number of nitrogens with zero attached hydrogens (tertiary/aromatic N) is 1. The highest BCUT2D eigenvalue weighted by molar-refractivity contribution is 6.03. The van der Waals surface area contributed by atoms with Gasteiger partial charge in [0.2, 0.25) is 5.91 Å². The Morgan fingerprint density at radius 1 is 1.33 bits per heavy atom. The van der Waals surface area contributed by atoms with Crippen molar-refractivity contribution in [2.75, 3.05) is 12.4 Å². The lowest BCUT2D eigenvalue weighted by Gasteiger charge is -2.13. The van der Waals surface area contributed by atoms with E-state index in [1.54, 1.807) is 13.2 Å². The molecule has 0 saturated carbocycles. The molecule has 4 nitrogen and oxygen atoms in total. The Labute approximate surface area is 106 Å². The Morgan fingerprint density at radius 3 is 2.83 bits per heavy atom. The first-order valence-electron chi connectivity index (χ1n) is 5.96. The molecule has 1 aromatic carbocycles. The predicted molar refractivity (Wildman–Crippen MR) is 73.6 cm³/mol. The smallest absolute Gasteiger partial charge is 0.241 e. The minimum atomic E-state index is -0.224. The highest BCUT2D eigenvalue weighted by atomic mass is 16.2. The van der Waals surface area contributed by atoms with E-state index in [1.807, 2.05) is 38.1 Å². The van der Waals surface area contributed by atoms with Gasteiger partial charge < -0.3 is 10.6 Å². The van der Waals surface area contributed by atoms with E-state index < -0.39 is 0 Å². The molecule has 1 amide bonds. The summed E-state index contributed by atoms with van der Waals surface area (Å²) >= 11 is 0. The average molecular weight is 243 g/mol. The van der Waals surface area contributed by atoms with Crippen LogP contribution in [0.2, 0.25) is 0 Å². The maximum Gasteiger partial charge on any atom is 0.241 e. The van der Waals surface area contributed by atoms with Gasteiger partial charge in [0, 0.05) is 11.6 Å². The van der Waals surface area contributed by atoms with Gasteiger partial charge >= 0.3 is 0 Å². The van der Waals surface area contributed by atoms with Gasteiger partial charge in [0.15, 0.2) is 0 Å². The summed E-state index contributed by atoms with van der Waals surface area (Å²) in [7, 11) is 1.76. The third-order valence-corrected chi connectivity index (χ3v) is 3.06. The second kappa shape index (κ2) is 5.14. The molecule has 1 aromatic heterocycles. The molecule has 1 unspecified atom stereocenters. The van der Waals surface area contributed by atoms with E-state index in [0.29, 0.717) is 0 Å². The van der Waals surface area contributed by atoms with Crippen molar-refractivity contribution in [3.63, 3.8) is 0 Å². The maximum atomic E-state index is 11.9. The fourth-order valence-corrected chi connectivity index (χ4v) is 1.80. The number of rotatable bonds is 3. The summed E-state index contributed by atoms with van der Waals surface area (Å²) in [6, 6.07) is 7.50. The molecule has 0 radical (unpaired) electrons.